The van der Waals surface area contributed by atoms with Crippen LogP contribution < -0.4 is 0 Å². The van der Waals surface area contributed by atoms with Crippen molar-refractivity contribution >= 4 is 11.3 Å². The first-order valence-electron chi connectivity index (χ1n) is 3.80. The van der Waals surface area contributed by atoms with Gasteiger partial charge in [0.25, 0.3) is 0 Å². The maximum atomic E-state index is 8.81. The lowest BCUT2D eigenvalue weighted by atomic mass is 10.1. The van der Waals surface area contributed by atoms with Crippen molar-refractivity contribution in [3.05, 3.63) is 40.8 Å². The Morgan fingerprint density at radius 2 is 2.00 bits per heavy atom. The highest BCUT2D eigenvalue weighted by Gasteiger charge is 2.04. The van der Waals surface area contributed by atoms with Gasteiger partial charge in [-0.1, -0.05) is 0 Å². The Labute approximate surface area is 80.1 Å². The van der Waals surface area contributed by atoms with Gasteiger partial charge in [-0.3, -0.25) is 4.98 Å². The highest BCUT2D eigenvalue weighted by atomic mass is 32.1. The number of pyridine rings is 1. The Hall–Kier alpha value is -1.66. The van der Waals surface area contributed by atoms with Gasteiger partial charge in [0.05, 0.1) is 0 Å². The maximum Gasteiger partial charge on any atom is 0.112 e. The summed E-state index contributed by atoms with van der Waals surface area (Å²) in [6, 6.07) is 7.94. The maximum absolute atomic E-state index is 8.81. The molecule has 62 valence electrons. The summed E-state index contributed by atoms with van der Waals surface area (Å²) in [6.07, 6.45) is 3.46. The predicted molar refractivity (Wildman–Crippen MR) is 52.3 cm³/mol. The molecule has 2 aromatic heterocycles. The van der Waals surface area contributed by atoms with Gasteiger partial charge < -0.3 is 0 Å². The number of rotatable bonds is 1. The first kappa shape index (κ1) is 7.96. The Bertz CT molecular complexity index is 439. The van der Waals surface area contributed by atoms with Crippen LogP contribution in [0.15, 0.2) is 36.0 Å². The predicted octanol–water partition coefficient (Wildman–Crippen LogP) is 2.68. The van der Waals surface area contributed by atoms with Crippen LogP contribution in [-0.4, -0.2) is 4.98 Å². The summed E-state index contributed by atoms with van der Waals surface area (Å²) < 4.78 is 0. The van der Waals surface area contributed by atoms with Crippen molar-refractivity contribution in [2.24, 2.45) is 0 Å². The average molecular weight is 186 g/mol. The van der Waals surface area contributed by atoms with Crippen LogP contribution in [0.1, 0.15) is 4.88 Å². The molecule has 0 saturated heterocycles. The van der Waals surface area contributed by atoms with Crippen molar-refractivity contribution in [2.45, 2.75) is 0 Å². The number of aromatic nitrogens is 1. The first-order chi connectivity index (χ1) is 6.42. The van der Waals surface area contributed by atoms with E-state index < -0.39 is 0 Å². The SMILES string of the molecule is N#Cc1sccc1-c1ccncc1. The molecule has 0 N–H and O–H groups in total. The van der Waals surface area contributed by atoms with Gasteiger partial charge in [-0.2, -0.15) is 5.26 Å². The molecule has 3 heteroatoms. The molecule has 0 radical (unpaired) electrons. The fourth-order valence-corrected chi connectivity index (χ4v) is 1.86. The summed E-state index contributed by atoms with van der Waals surface area (Å²) in [5, 5.41) is 10.7. The molecule has 0 aliphatic heterocycles. The highest BCUT2D eigenvalue weighted by molar-refractivity contribution is 7.11. The van der Waals surface area contributed by atoms with Crippen molar-refractivity contribution in [1.29, 1.82) is 5.26 Å². The third-order valence-corrected chi connectivity index (χ3v) is 2.58. The van der Waals surface area contributed by atoms with Gasteiger partial charge >= 0.3 is 0 Å². The molecule has 2 heterocycles. The van der Waals surface area contributed by atoms with E-state index in [0.717, 1.165) is 16.0 Å². The molecule has 0 amide bonds. The summed E-state index contributed by atoms with van der Waals surface area (Å²) in [5.74, 6) is 0. The highest BCUT2D eigenvalue weighted by Crippen LogP contribution is 2.26. The zero-order chi connectivity index (χ0) is 9.10. The van der Waals surface area contributed by atoms with Crippen LogP contribution in [0.3, 0.4) is 0 Å². The summed E-state index contributed by atoms with van der Waals surface area (Å²) in [5.41, 5.74) is 2.04. The Kier molecular flexibility index (Phi) is 2.07. The molecule has 0 bridgehead atoms. The molecule has 0 spiro atoms. The zero-order valence-electron chi connectivity index (χ0n) is 6.77. The van der Waals surface area contributed by atoms with Gasteiger partial charge in [0.2, 0.25) is 0 Å². The fourth-order valence-electron chi connectivity index (χ4n) is 1.15. The molecule has 0 unspecified atom stereocenters. The Morgan fingerprint density at radius 3 is 2.69 bits per heavy atom. The van der Waals surface area contributed by atoms with Crippen LogP contribution in [0, 0.1) is 11.3 Å². The first-order valence-corrected chi connectivity index (χ1v) is 4.68. The lowest BCUT2D eigenvalue weighted by Gasteiger charge is -1.95. The molecular weight excluding hydrogens is 180 g/mol. The second-order valence-corrected chi connectivity index (χ2v) is 3.43. The van der Waals surface area contributed by atoms with Crippen molar-refractivity contribution in [1.82, 2.24) is 4.98 Å². The van der Waals surface area contributed by atoms with E-state index in [-0.39, 0.29) is 0 Å². The lowest BCUT2D eigenvalue weighted by molar-refractivity contribution is 1.33. The zero-order valence-corrected chi connectivity index (χ0v) is 7.58. The molecule has 2 rings (SSSR count). The summed E-state index contributed by atoms with van der Waals surface area (Å²) >= 11 is 1.46. The second-order valence-electron chi connectivity index (χ2n) is 2.51. The van der Waals surface area contributed by atoms with Crippen LogP contribution in [0.4, 0.5) is 0 Å². The number of hydrogen-bond donors (Lipinski definition) is 0. The number of hydrogen-bond acceptors (Lipinski definition) is 3. The monoisotopic (exact) mass is 186 g/mol. The summed E-state index contributed by atoms with van der Waals surface area (Å²) in [6.45, 7) is 0. The molecule has 2 nitrogen and oxygen atoms in total. The average Bonchev–Trinajstić information content (AvgIpc) is 2.67. The van der Waals surface area contributed by atoms with E-state index in [2.05, 4.69) is 11.1 Å². The molecule has 0 atom stereocenters. The van der Waals surface area contributed by atoms with E-state index in [1.807, 2.05) is 23.6 Å². The van der Waals surface area contributed by atoms with E-state index in [1.54, 1.807) is 12.4 Å². The van der Waals surface area contributed by atoms with Gasteiger partial charge in [0.15, 0.2) is 0 Å². The van der Waals surface area contributed by atoms with Crippen molar-refractivity contribution in [3.63, 3.8) is 0 Å². The van der Waals surface area contributed by atoms with Gasteiger partial charge in [0.1, 0.15) is 10.9 Å². The van der Waals surface area contributed by atoms with Crippen LogP contribution in [0.25, 0.3) is 11.1 Å². The smallest absolute Gasteiger partial charge is 0.112 e. The van der Waals surface area contributed by atoms with Gasteiger partial charge in [0, 0.05) is 18.0 Å². The molecule has 2 aromatic rings. The standard InChI is InChI=1S/C10H6N2S/c11-7-10-9(3-6-13-10)8-1-4-12-5-2-8/h1-6H. The van der Waals surface area contributed by atoms with Crippen LogP contribution in [-0.2, 0) is 0 Å². The van der Waals surface area contributed by atoms with Gasteiger partial charge in [-0.15, -0.1) is 11.3 Å². The van der Waals surface area contributed by atoms with Crippen molar-refractivity contribution in [2.75, 3.05) is 0 Å². The van der Waals surface area contributed by atoms with Crippen LogP contribution in [0.5, 0.6) is 0 Å². The molecule has 0 aliphatic carbocycles. The number of nitrogens with zero attached hydrogens (tertiary/aromatic N) is 2. The minimum Gasteiger partial charge on any atom is -0.265 e. The van der Waals surface area contributed by atoms with Crippen LogP contribution in [0.2, 0.25) is 0 Å². The number of thiophene rings is 1. The second kappa shape index (κ2) is 3.38. The quantitative estimate of drug-likeness (QED) is 0.686. The molecule has 0 saturated carbocycles. The third kappa shape index (κ3) is 1.44. The van der Waals surface area contributed by atoms with Crippen molar-refractivity contribution in [3.8, 4) is 17.2 Å². The minimum absolute atomic E-state index is 0.756. The molecular formula is C10H6N2S. The molecule has 0 fully saturated rings. The lowest BCUT2D eigenvalue weighted by Crippen LogP contribution is -1.77. The number of nitriles is 1. The van der Waals surface area contributed by atoms with Gasteiger partial charge in [-0.05, 0) is 29.1 Å². The largest absolute Gasteiger partial charge is 0.265 e. The fraction of sp³-hybridized carbons (Fsp3) is 0. The molecule has 13 heavy (non-hydrogen) atoms. The summed E-state index contributed by atoms with van der Waals surface area (Å²) in [7, 11) is 0. The normalized spacial score (nSPS) is 9.46. The Morgan fingerprint density at radius 1 is 1.23 bits per heavy atom. The summed E-state index contributed by atoms with van der Waals surface area (Å²) in [4.78, 5) is 4.69. The van der Waals surface area contributed by atoms with E-state index >= 15 is 0 Å². The van der Waals surface area contributed by atoms with Crippen LogP contribution >= 0.6 is 11.3 Å². The topological polar surface area (TPSA) is 36.7 Å². The van der Waals surface area contributed by atoms with Crippen molar-refractivity contribution < 1.29 is 0 Å². The van der Waals surface area contributed by atoms with E-state index in [1.165, 1.54) is 11.3 Å². The third-order valence-electron chi connectivity index (χ3n) is 1.76. The van der Waals surface area contributed by atoms with Gasteiger partial charge in [-0.25, -0.2) is 0 Å². The Balaban J connectivity index is 2.54. The van der Waals surface area contributed by atoms with E-state index in [9.17, 15) is 0 Å². The van der Waals surface area contributed by atoms with E-state index in [4.69, 9.17) is 5.26 Å². The van der Waals surface area contributed by atoms with E-state index in [0.29, 0.717) is 0 Å². The minimum atomic E-state index is 0.756. The molecule has 0 aliphatic rings. The molecule has 0 aromatic carbocycles.